The van der Waals surface area contributed by atoms with E-state index < -0.39 is 29.7 Å². The van der Waals surface area contributed by atoms with Crippen LogP contribution in [0.4, 0.5) is 5.69 Å². The van der Waals surface area contributed by atoms with Crippen LogP contribution in [0.25, 0.3) is 0 Å². The van der Waals surface area contributed by atoms with Gasteiger partial charge in [0.1, 0.15) is 18.4 Å². The summed E-state index contributed by atoms with van der Waals surface area (Å²) in [6, 6.07) is 12.3. The van der Waals surface area contributed by atoms with E-state index in [9.17, 15) is 19.2 Å². The van der Waals surface area contributed by atoms with Gasteiger partial charge in [-0.25, -0.2) is 0 Å². The Morgan fingerprint density at radius 3 is 2.33 bits per heavy atom. The van der Waals surface area contributed by atoms with Crippen molar-refractivity contribution in [2.75, 3.05) is 44.9 Å². The Morgan fingerprint density at radius 2 is 1.56 bits per heavy atom. The number of amides is 4. The van der Waals surface area contributed by atoms with Crippen molar-refractivity contribution in [1.82, 2.24) is 10.2 Å². The molecule has 0 aliphatic carbocycles. The lowest BCUT2D eigenvalue weighted by atomic mass is 10.0. The maximum Gasteiger partial charge on any atom is 0.264 e. The van der Waals surface area contributed by atoms with Crippen molar-refractivity contribution < 1.29 is 33.4 Å². The summed E-state index contributed by atoms with van der Waals surface area (Å²) in [5, 5.41) is 5.36. The summed E-state index contributed by atoms with van der Waals surface area (Å²) in [4.78, 5) is 50.8. The monoisotopic (exact) mass is 593 g/mol. The van der Waals surface area contributed by atoms with Gasteiger partial charge in [0.05, 0.1) is 37.6 Å². The van der Waals surface area contributed by atoms with Gasteiger partial charge >= 0.3 is 0 Å². The van der Waals surface area contributed by atoms with Crippen LogP contribution in [-0.4, -0.2) is 74.1 Å². The Hall–Kier alpha value is -3.76. The van der Waals surface area contributed by atoms with Crippen molar-refractivity contribution in [3.8, 4) is 5.75 Å². The van der Waals surface area contributed by atoms with Crippen LogP contribution in [0.2, 0.25) is 0 Å². The summed E-state index contributed by atoms with van der Waals surface area (Å²) in [7, 11) is 0. The number of rotatable bonds is 19. The normalized spacial score (nSPS) is 16.4. The van der Waals surface area contributed by atoms with E-state index >= 15 is 0 Å². The Labute approximate surface area is 253 Å². The number of benzene rings is 2. The zero-order valence-corrected chi connectivity index (χ0v) is 25.0. The molecule has 0 bridgehead atoms. The van der Waals surface area contributed by atoms with E-state index in [1.807, 2.05) is 12.1 Å². The molecule has 10 nitrogen and oxygen atoms in total. The maximum atomic E-state index is 13.1. The van der Waals surface area contributed by atoms with E-state index in [4.69, 9.17) is 14.2 Å². The van der Waals surface area contributed by atoms with E-state index in [0.717, 1.165) is 17.1 Å². The molecule has 1 saturated heterocycles. The highest BCUT2D eigenvalue weighted by Gasteiger charge is 2.45. The van der Waals surface area contributed by atoms with Gasteiger partial charge in [-0.2, -0.15) is 0 Å². The molecule has 2 aromatic rings. The maximum absolute atomic E-state index is 13.1. The molecule has 2 N–H and O–H groups in total. The number of ether oxygens (including phenoxy) is 3. The number of aryl methyl sites for hydroxylation is 1. The van der Waals surface area contributed by atoms with Crippen LogP contribution >= 0.6 is 0 Å². The van der Waals surface area contributed by atoms with Crippen molar-refractivity contribution in [2.45, 2.75) is 70.8 Å². The number of nitrogens with zero attached hydrogens (tertiary/aromatic N) is 1. The molecule has 2 aliphatic rings. The highest BCUT2D eigenvalue weighted by Crippen LogP contribution is 2.32. The first-order valence-corrected chi connectivity index (χ1v) is 15.4. The summed E-state index contributed by atoms with van der Waals surface area (Å²) in [6.07, 6.45) is 9.12. The molecule has 232 valence electrons. The molecule has 4 amide bonds. The Kier molecular flexibility index (Phi) is 12.5. The third-order valence-electron chi connectivity index (χ3n) is 7.64. The van der Waals surface area contributed by atoms with Crippen LogP contribution in [0, 0.1) is 0 Å². The molecular weight excluding hydrogens is 550 g/mol. The molecule has 10 heteroatoms. The van der Waals surface area contributed by atoms with Gasteiger partial charge in [0.15, 0.2) is 0 Å². The lowest BCUT2D eigenvalue weighted by Gasteiger charge is -2.27. The fourth-order valence-electron chi connectivity index (χ4n) is 5.32. The average molecular weight is 594 g/mol. The topological polar surface area (TPSA) is 123 Å². The van der Waals surface area contributed by atoms with Gasteiger partial charge in [0, 0.05) is 18.7 Å². The number of anilines is 1. The van der Waals surface area contributed by atoms with Crippen molar-refractivity contribution >= 4 is 29.3 Å². The average Bonchev–Trinajstić information content (AvgIpc) is 3.26. The van der Waals surface area contributed by atoms with E-state index in [-0.39, 0.29) is 24.0 Å². The van der Waals surface area contributed by atoms with Gasteiger partial charge in [-0.3, -0.25) is 29.4 Å². The van der Waals surface area contributed by atoms with E-state index in [1.165, 1.54) is 44.1 Å². The molecule has 0 radical (unpaired) electrons. The van der Waals surface area contributed by atoms with Crippen LogP contribution in [0.1, 0.15) is 84.6 Å². The lowest BCUT2D eigenvalue weighted by Crippen LogP contribution is -2.54. The van der Waals surface area contributed by atoms with Gasteiger partial charge < -0.3 is 19.5 Å². The highest BCUT2D eigenvalue weighted by atomic mass is 16.5. The number of unbranched alkanes of at least 4 members (excludes halogenated alkanes) is 5. The number of carbonyl (C=O) groups is 4. The van der Waals surface area contributed by atoms with Crippen molar-refractivity contribution in [1.29, 1.82) is 0 Å². The lowest BCUT2D eigenvalue weighted by molar-refractivity contribution is -0.136. The fraction of sp³-hybridized carbons (Fsp3) is 0.515. The second-order valence-electron chi connectivity index (χ2n) is 10.8. The van der Waals surface area contributed by atoms with Gasteiger partial charge in [0.25, 0.3) is 11.8 Å². The molecule has 2 aromatic carbocycles. The second kappa shape index (κ2) is 16.8. The smallest absolute Gasteiger partial charge is 0.264 e. The Morgan fingerprint density at radius 1 is 0.837 bits per heavy atom. The van der Waals surface area contributed by atoms with Crippen LogP contribution in [0.5, 0.6) is 5.75 Å². The minimum Gasteiger partial charge on any atom is -0.491 e. The molecule has 1 fully saturated rings. The minimum atomic E-state index is -0.994. The summed E-state index contributed by atoms with van der Waals surface area (Å²) >= 11 is 0. The number of hydrogen-bond donors (Lipinski definition) is 2. The molecule has 2 heterocycles. The van der Waals surface area contributed by atoms with Crippen LogP contribution in [0.15, 0.2) is 42.5 Å². The fourth-order valence-corrected chi connectivity index (χ4v) is 5.32. The first-order valence-electron chi connectivity index (χ1n) is 15.4. The molecular formula is C33H43N3O7. The SMILES string of the molecule is CCCCCCCCc1ccc(OCCOCCOCCNc2cccc3c2C(=O)N(C2CCC(=O)NC2=O)C3=O)cc1. The first kappa shape index (κ1) is 32.2. The van der Waals surface area contributed by atoms with Crippen LogP contribution in [0.3, 0.4) is 0 Å². The number of carbonyl (C=O) groups excluding carboxylic acids is 4. The molecule has 43 heavy (non-hydrogen) atoms. The number of fused-ring (bicyclic) bond motifs is 1. The summed E-state index contributed by atoms with van der Waals surface area (Å²) in [5.74, 6) is -1.27. The zero-order chi connectivity index (χ0) is 30.4. The van der Waals surface area contributed by atoms with Crippen LogP contribution in [-0.2, 0) is 25.5 Å². The number of piperidine rings is 1. The van der Waals surface area contributed by atoms with Gasteiger partial charge in [0.2, 0.25) is 11.8 Å². The third kappa shape index (κ3) is 9.11. The van der Waals surface area contributed by atoms with Crippen LogP contribution < -0.4 is 15.4 Å². The molecule has 1 atom stereocenters. The van der Waals surface area contributed by atoms with Gasteiger partial charge in [-0.15, -0.1) is 0 Å². The standard InChI is InChI=1S/C33H43N3O7/c1-2-3-4-5-6-7-9-24-12-14-25(15-13-24)43-23-22-42-21-20-41-19-18-34-27-11-8-10-26-30(27)33(40)36(32(26)39)28-16-17-29(37)35-31(28)38/h8,10-15,28,34H,2-7,9,16-23H2,1H3,(H,35,37,38). The Balaban J connectivity index is 1.07. The molecule has 0 aromatic heterocycles. The predicted octanol–water partition coefficient (Wildman–Crippen LogP) is 4.51. The molecule has 0 saturated carbocycles. The van der Waals surface area contributed by atoms with E-state index in [2.05, 4.69) is 29.7 Å². The quantitative estimate of drug-likeness (QED) is 0.180. The molecule has 4 rings (SSSR count). The predicted molar refractivity (Wildman–Crippen MR) is 162 cm³/mol. The third-order valence-corrected chi connectivity index (χ3v) is 7.64. The van der Waals surface area contributed by atoms with Gasteiger partial charge in [-0.1, -0.05) is 57.2 Å². The van der Waals surface area contributed by atoms with Crippen molar-refractivity contribution in [3.05, 3.63) is 59.2 Å². The minimum absolute atomic E-state index is 0.0795. The summed E-state index contributed by atoms with van der Waals surface area (Å²) < 4.78 is 17.0. The zero-order valence-electron chi connectivity index (χ0n) is 25.0. The number of hydrogen-bond acceptors (Lipinski definition) is 8. The highest BCUT2D eigenvalue weighted by molar-refractivity contribution is 6.25. The van der Waals surface area contributed by atoms with Crippen molar-refractivity contribution in [3.63, 3.8) is 0 Å². The molecule has 0 spiro atoms. The Bertz CT molecular complexity index is 1250. The van der Waals surface area contributed by atoms with Gasteiger partial charge in [-0.05, 0) is 49.1 Å². The van der Waals surface area contributed by atoms with E-state index in [0.29, 0.717) is 45.3 Å². The molecule has 1 unspecified atom stereocenters. The van der Waals surface area contributed by atoms with Crippen molar-refractivity contribution in [2.24, 2.45) is 0 Å². The number of nitrogens with one attached hydrogen (secondary N) is 2. The number of imide groups is 2. The molecule has 2 aliphatic heterocycles. The second-order valence-corrected chi connectivity index (χ2v) is 10.8. The summed E-state index contributed by atoms with van der Waals surface area (Å²) in [6.45, 7) is 4.76. The summed E-state index contributed by atoms with van der Waals surface area (Å²) in [5.41, 5.74) is 2.31. The van der Waals surface area contributed by atoms with E-state index in [1.54, 1.807) is 18.2 Å². The first-order chi connectivity index (χ1) is 21.0. The largest absolute Gasteiger partial charge is 0.491 e.